The Kier molecular flexibility index (Phi) is 5.00. The molecule has 1 aliphatic carbocycles. The van der Waals surface area contributed by atoms with E-state index in [0.717, 1.165) is 23.8 Å². The van der Waals surface area contributed by atoms with Crippen LogP contribution in [0.2, 0.25) is 0 Å². The molecule has 0 radical (unpaired) electrons. The number of nitrogens with zero attached hydrogens (tertiary/aromatic N) is 3. The molecule has 3 aromatic heterocycles. The van der Waals surface area contributed by atoms with Gasteiger partial charge in [-0.2, -0.15) is 0 Å². The molecule has 4 rings (SSSR count). The number of fused-ring (bicyclic) bond motifs is 1. The highest BCUT2D eigenvalue weighted by Gasteiger charge is 2.24. The van der Waals surface area contributed by atoms with Crippen molar-refractivity contribution in [3.63, 3.8) is 0 Å². The van der Waals surface area contributed by atoms with Crippen LogP contribution in [0.3, 0.4) is 0 Å². The topological polar surface area (TPSA) is 92.1 Å². The number of pyridine rings is 3. The van der Waals surface area contributed by atoms with Gasteiger partial charge in [0.25, 0.3) is 5.56 Å². The van der Waals surface area contributed by atoms with Gasteiger partial charge in [-0.05, 0) is 68.3 Å². The molecule has 0 saturated heterocycles. The van der Waals surface area contributed by atoms with Crippen molar-refractivity contribution < 1.29 is 5.11 Å². The van der Waals surface area contributed by atoms with E-state index in [1.807, 2.05) is 44.3 Å². The second-order valence-corrected chi connectivity index (χ2v) is 7.38. The van der Waals surface area contributed by atoms with Crippen molar-refractivity contribution in [3.05, 3.63) is 52.6 Å². The van der Waals surface area contributed by atoms with Gasteiger partial charge < -0.3 is 20.3 Å². The first-order valence-corrected chi connectivity index (χ1v) is 9.72. The number of aliphatic hydroxyl groups is 1. The van der Waals surface area contributed by atoms with Crippen LogP contribution in [0.25, 0.3) is 10.8 Å². The maximum Gasteiger partial charge on any atom is 0.262 e. The average Bonchev–Trinajstić information content (AvgIpc) is 3.06. The zero-order valence-corrected chi connectivity index (χ0v) is 16.1. The Morgan fingerprint density at radius 2 is 2.11 bits per heavy atom. The van der Waals surface area contributed by atoms with Crippen LogP contribution in [0.5, 0.6) is 0 Å². The monoisotopic (exact) mass is 379 g/mol. The summed E-state index contributed by atoms with van der Waals surface area (Å²) in [5, 5.41) is 17.9. The number of aryl methyl sites for hydroxylation is 2. The first-order valence-electron chi connectivity index (χ1n) is 9.72. The number of hydrogen-bond acceptors (Lipinski definition) is 6. The first kappa shape index (κ1) is 18.4. The minimum Gasteiger partial charge on any atom is -0.393 e. The van der Waals surface area contributed by atoms with Gasteiger partial charge >= 0.3 is 0 Å². The fraction of sp³-hybridized carbons (Fsp3) is 0.381. The standard InChI is InChI=1S/C21H25N5O2/c1-3-26-9-7-14-11-18(24-17-10-13(2)6-8-22-17)25-20(19(14)21(26)28)23-15-4-5-16(27)12-15/h6-11,15-16,27H,3-5,12H2,1-2H3,(H2,22,23,24,25)/t15-,16-/m1/s1. The summed E-state index contributed by atoms with van der Waals surface area (Å²) in [5.41, 5.74) is 1.04. The molecule has 2 atom stereocenters. The number of aromatic nitrogens is 3. The Morgan fingerprint density at radius 1 is 1.25 bits per heavy atom. The normalized spacial score (nSPS) is 19.1. The predicted molar refractivity (Wildman–Crippen MR) is 111 cm³/mol. The van der Waals surface area contributed by atoms with Crippen molar-refractivity contribution in [3.8, 4) is 0 Å². The molecule has 146 valence electrons. The van der Waals surface area contributed by atoms with E-state index in [-0.39, 0.29) is 17.7 Å². The molecule has 0 spiro atoms. The summed E-state index contributed by atoms with van der Waals surface area (Å²) in [5.74, 6) is 1.89. The maximum atomic E-state index is 12.9. The molecule has 3 aromatic rings. The van der Waals surface area contributed by atoms with Gasteiger partial charge in [0.1, 0.15) is 17.5 Å². The van der Waals surface area contributed by atoms with Gasteiger partial charge in [0.05, 0.1) is 11.5 Å². The number of hydrogen-bond donors (Lipinski definition) is 3. The Balaban J connectivity index is 1.78. The third-order valence-corrected chi connectivity index (χ3v) is 5.22. The number of nitrogens with one attached hydrogen (secondary N) is 2. The van der Waals surface area contributed by atoms with Crippen molar-refractivity contribution in [2.45, 2.75) is 51.8 Å². The lowest BCUT2D eigenvalue weighted by atomic mass is 10.1. The molecule has 0 bridgehead atoms. The fourth-order valence-electron chi connectivity index (χ4n) is 3.74. The summed E-state index contributed by atoms with van der Waals surface area (Å²) in [6.45, 7) is 4.55. The van der Waals surface area contributed by atoms with Gasteiger partial charge in [0, 0.05) is 25.0 Å². The van der Waals surface area contributed by atoms with Gasteiger partial charge in [0.15, 0.2) is 0 Å². The lowest BCUT2D eigenvalue weighted by Crippen LogP contribution is -2.23. The minimum absolute atomic E-state index is 0.0613. The third kappa shape index (κ3) is 3.71. The highest BCUT2D eigenvalue weighted by Crippen LogP contribution is 2.28. The van der Waals surface area contributed by atoms with Crippen LogP contribution in [0, 0.1) is 6.92 Å². The Morgan fingerprint density at radius 3 is 2.82 bits per heavy atom. The van der Waals surface area contributed by atoms with Crippen LogP contribution in [-0.4, -0.2) is 31.8 Å². The van der Waals surface area contributed by atoms with Crippen molar-refractivity contribution >= 4 is 28.2 Å². The lowest BCUT2D eigenvalue weighted by molar-refractivity contribution is 0.182. The van der Waals surface area contributed by atoms with Crippen molar-refractivity contribution in [1.82, 2.24) is 14.5 Å². The average molecular weight is 379 g/mol. The van der Waals surface area contributed by atoms with E-state index in [0.29, 0.717) is 35.8 Å². The summed E-state index contributed by atoms with van der Waals surface area (Å²) in [6, 6.07) is 7.79. The molecule has 0 amide bonds. The molecule has 1 aliphatic rings. The van der Waals surface area contributed by atoms with Gasteiger partial charge in [-0.15, -0.1) is 0 Å². The second kappa shape index (κ2) is 7.59. The molecule has 1 saturated carbocycles. The fourth-order valence-corrected chi connectivity index (χ4v) is 3.74. The van der Waals surface area contributed by atoms with Gasteiger partial charge in [0.2, 0.25) is 0 Å². The van der Waals surface area contributed by atoms with E-state index < -0.39 is 0 Å². The van der Waals surface area contributed by atoms with Crippen LogP contribution in [0.4, 0.5) is 17.5 Å². The molecule has 7 nitrogen and oxygen atoms in total. The highest BCUT2D eigenvalue weighted by molar-refractivity contribution is 5.93. The lowest BCUT2D eigenvalue weighted by Gasteiger charge is -2.17. The van der Waals surface area contributed by atoms with Crippen LogP contribution < -0.4 is 16.2 Å². The van der Waals surface area contributed by atoms with Gasteiger partial charge in [-0.25, -0.2) is 9.97 Å². The summed E-state index contributed by atoms with van der Waals surface area (Å²) in [4.78, 5) is 22.0. The summed E-state index contributed by atoms with van der Waals surface area (Å²) < 4.78 is 1.67. The zero-order valence-electron chi connectivity index (χ0n) is 16.1. The molecular weight excluding hydrogens is 354 g/mol. The largest absolute Gasteiger partial charge is 0.393 e. The molecule has 3 heterocycles. The molecular formula is C21H25N5O2. The minimum atomic E-state index is -0.297. The smallest absolute Gasteiger partial charge is 0.262 e. The molecule has 0 aromatic carbocycles. The Bertz CT molecular complexity index is 1060. The van der Waals surface area contributed by atoms with Crippen LogP contribution >= 0.6 is 0 Å². The van der Waals surface area contributed by atoms with Gasteiger partial charge in [-0.3, -0.25) is 4.79 Å². The van der Waals surface area contributed by atoms with Crippen molar-refractivity contribution in [2.75, 3.05) is 10.6 Å². The molecule has 1 fully saturated rings. The van der Waals surface area contributed by atoms with E-state index >= 15 is 0 Å². The number of rotatable bonds is 5. The molecule has 28 heavy (non-hydrogen) atoms. The molecule has 0 unspecified atom stereocenters. The quantitative estimate of drug-likeness (QED) is 0.631. The van der Waals surface area contributed by atoms with E-state index in [9.17, 15) is 9.90 Å². The zero-order chi connectivity index (χ0) is 19.7. The SMILES string of the molecule is CCn1ccc2cc(Nc3cc(C)ccn3)nc(N[C@@H]3CC[C@@H](O)C3)c2c1=O. The predicted octanol–water partition coefficient (Wildman–Crippen LogP) is 3.19. The van der Waals surface area contributed by atoms with Crippen LogP contribution in [0.1, 0.15) is 31.7 Å². The third-order valence-electron chi connectivity index (χ3n) is 5.22. The van der Waals surface area contributed by atoms with Crippen molar-refractivity contribution in [2.24, 2.45) is 0 Å². The van der Waals surface area contributed by atoms with Crippen molar-refractivity contribution in [1.29, 1.82) is 0 Å². The summed E-state index contributed by atoms with van der Waals surface area (Å²) in [6.07, 6.45) is 5.54. The first-order chi connectivity index (χ1) is 13.5. The van der Waals surface area contributed by atoms with E-state index in [1.54, 1.807) is 10.8 Å². The maximum absolute atomic E-state index is 12.9. The van der Waals surface area contributed by atoms with Gasteiger partial charge in [-0.1, -0.05) is 0 Å². The number of anilines is 3. The van der Waals surface area contributed by atoms with E-state index in [1.165, 1.54) is 0 Å². The van der Waals surface area contributed by atoms with Crippen LogP contribution in [-0.2, 0) is 6.54 Å². The summed E-state index contributed by atoms with van der Waals surface area (Å²) >= 11 is 0. The van der Waals surface area contributed by atoms with E-state index in [2.05, 4.69) is 15.6 Å². The Labute approximate surface area is 163 Å². The highest BCUT2D eigenvalue weighted by atomic mass is 16.3. The Hall–Kier alpha value is -2.93. The summed E-state index contributed by atoms with van der Waals surface area (Å²) in [7, 11) is 0. The molecule has 0 aliphatic heterocycles. The number of aliphatic hydroxyl groups excluding tert-OH is 1. The van der Waals surface area contributed by atoms with E-state index in [4.69, 9.17) is 4.98 Å². The molecule has 3 N–H and O–H groups in total. The van der Waals surface area contributed by atoms with Crippen LogP contribution in [0.15, 0.2) is 41.5 Å². The second-order valence-electron chi connectivity index (χ2n) is 7.38. The molecule has 7 heteroatoms.